The minimum Gasteiger partial charge on any atom is -0.327 e. The van der Waals surface area contributed by atoms with Gasteiger partial charge in [-0.15, -0.1) is 0 Å². The molecule has 0 amide bonds. The van der Waals surface area contributed by atoms with Crippen molar-refractivity contribution >= 4 is 10.0 Å². The van der Waals surface area contributed by atoms with E-state index in [0.717, 1.165) is 12.8 Å². The van der Waals surface area contributed by atoms with E-state index in [2.05, 4.69) is 4.72 Å². The molecule has 5 heteroatoms. The third kappa shape index (κ3) is 6.98. The first-order valence-electron chi connectivity index (χ1n) is 4.74. The third-order valence-corrected chi connectivity index (χ3v) is 3.29. The summed E-state index contributed by atoms with van der Waals surface area (Å²) in [5.74, 6) is 0.208. The van der Waals surface area contributed by atoms with Gasteiger partial charge in [0.1, 0.15) is 0 Å². The van der Waals surface area contributed by atoms with Crippen molar-refractivity contribution in [1.82, 2.24) is 4.72 Å². The Kier molecular flexibility index (Phi) is 6.28. The van der Waals surface area contributed by atoms with Crippen molar-refractivity contribution in [2.45, 2.75) is 39.2 Å². The van der Waals surface area contributed by atoms with E-state index in [1.807, 2.05) is 13.8 Å². The topological polar surface area (TPSA) is 72.2 Å². The second-order valence-electron chi connectivity index (χ2n) is 3.19. The standard InChI is InChI=1S/C8H20N2O2S/c1-3-5-6-13(11,12)10-7-8(9)4-2/h8,10H,3-7,9H2,1-2H3. The maximum atomic E-state index is 11.2. The van der Waals surface area contributed by atoms with Gasteiger partial charge in [0.25, 0.3) is 0 Å². The van der Waals surface area contributed by atoms with E-state index >= 15 is 0 Å². The Morgan fingerprint density at radius 1 is 1.38 bits per heavy atom. The number of hydrogen-bond acceptors (Lipinski definition) is 3. The second-order valence-corrected chi connectivity index (χ2v) is 5.12. The summed E-state index contributed by atoms with van der Waals surface area (Å²) in [5, 5.41) is 0. The third-order valence-electron chi connectivity index (χ3n) is 1.86. The SMILES string of the molecule is CCCCS(=O)(=O)NCC(N)CC. The van der Waals surface area contributed by atoms with E-state index in [1.165, 1.54) is 0 Å². The van der Waals surface area contributed by atoms with Crippen LogP contribution in [0.25, 0.3) is 0 Å². The summed E-state index contributed by atoms with van der Waals surface area (Å²) in [6.45, 7) is 4.25. The number of nitrogens with two attached hydrogens (primary N) is 1. The van der Waals surface area contributed by atoms with Gasteiger partial charge in [0.15, 0.2) is 0 Å². The predicted molar refractivity (Wildman–Crippen MR) is 55.0 cm³/mol. The number of sulfonamides is 1. The molecule has 0 aromatic rings. The van der Waals surface area contributed by atoms with Crippen LogP contribution in [0.15, 0.2) is 0 Å². The van der Waals surface area contributed by atoms with Gasteiger partial charge in [0, 0.05) is 12.6 Å². The summed E-state index contributed by atoms with van der Waals surface area (Å²) < 4.78 is 25.0. The van der Waals surface area contributed by atoms with Gasteiger partial charge < -0.3 is 5.73 Å². The van der Waals surface area contributed by atoms with Gasteiger partial charge in [-0.05, 0) is 12.8 Å². The van der Waals surface area contributed by atoms with Crippen molar-refractivity contribution < 1.29 is 8.42 Å². The van der Waals surface area contributed by atoms with Crippen molar-refractivity contribution in [3.63, 3.8) is 0 Å². The van der Waals surface area contributed by atoms with Crippen molar-refractivity contribution in [2.75, 3.05) is 12.3 Å². The number of unbranched alkanes of at least 4 members (excludes halogenated alkanes) is 1. The van der Waals surface area contributed by atoms with E-state index in [4.69, 9.17) is 5.73 Å². The van der Waals surface area contributed by atoms with Crippen molar-refractivity contribution in [1.29, 1.82) is 0 Å². The van der Waals surface area contributed by atoms with Crippen LogP contribution in [-0.4, -0.2) is 26.8 Å². The zero-order valence-corrected chi connectivity index (χ0v) is 9.23. The monoisotopic (exact) mass is 208 g/mol. The molecular formula is C8H20N2O2S. The smallest absolute Gasteiger partial charge is 0.211 e. The average molecular weight is 208 g/mol. The van der Waals surface area contributed by atoms with Crippen LogP contribution in [0.5, 0.6) is 0 Å². The fourth-order valence-electron chi connectivity index (χ4n) is 0.785. The molecule has 0 saturated carbocycles. The highest BCUT2D eigenvalue weighted by atomic mass is 32.2. The van der Waals surface area contributed by atoms with Gasteiger partial charge in [0.05, 0.1) is 5.75 Å². The highest BCUT2D eigenvalue weighted by molar-refractivity contribution is 7.89. The summed E-state index contributed by atoms with van der Waals surface area (Å²) in [7, 11) is -3.08. The van der Waals surface area contributed by atoms with Gasteiger partial charge in [-0.25, -0.2) is 13.1 Å². The molecule has 0 saturated heterocycles. The Hall–Kier alpha value is -0.130. The largest absolute Gasteiger partial charge is 0.327 e. The molecule has 0 spiro atoms. The Morgan fingerprint density at radius 2 is 2.00 bits per heavy atom. The molecule has 0 aliphatic rings. The van der Waals surface area contributed by atoms with Gasteiger partial charge in [0.2, 0.25) is 10.0 Å². The fraction of sp³-hybridized carbons (Fsp3) is 1.00. The molecule has 0 radical (unpaired) electrons. The summed E-state index contributed by atoms with van der Waals surface area (Å²) in [6, 6.07) is -0.0728. The molecule has 0 heterocycles. The van der Waals surface area contributed by atoms with Crippen molar-refractivity contribution in [3.05, 3.63) is 0 Å². The highest BCUT2D eigenvalue weighted by Gasteiger charge is 2.09. The lowest BCUT2D eigenvalue weighted by molar-refractivity contribution is 0.561. The lowest BCUT2D eigenvalue weighted by atomic mass is 10.2. The van der Waals surface area contributed by atoms with Crippen LogP contribution in [0, 0.1) is 0 Å². The molecule has 0 aromatic heterocycles. The first-order chi connectivity index (χ1) is 6.02. The zero-order valence-electron chi connectivity index (χ0n) is 8.41. The van der Waals surface area contributed by atoms with E-state index in [-0.39, 0.29) is 11.8 Å². The predicted octanol–water partition coefficient (Wildman–Crippen LogP) is 0.443. The Morgan fingerprint density at radius 3 is 2.46 bits per heavy atom. The maximum Gasteiger partial charge on any atom is 0.211 e. The molecule has 80 valence electrons. The van der Waals surface area contributed by atoms with E-state index in [1.54, 1.807) is 0 Å². The van der Waals surface area contributed by atoms with Gasteiger partial charge in [-0.1, -0.05) is 20.3 Å². The van der Waals surface area contributed by atoms with E-state index in [9.17, 15) is 8.42 Å². The maximum absolute atomic E-state index is 11.2. The van der Waals surface area contributed by atoms with Gasteiger partial charge in [-0.3, -0.25) is 0 Å². The lowest BCUT2D eigenvalue weighted by Crippen LogP contribution is -2.37. The second kappa shape index (κ2) is 6.34. The van der Waals surface area contributed by atoms with E-state index in [0.29, 0.717) is 13.0 Å². The van der Waals surface area contributed by atoms with Crippen LogP contribution in [0.3, 0.4) is 0 Å². The molecule has 1 unspecified atom stereocenters. The lowest BCUT2D eigenvalue weighted by Gasteiger charge is -2.10. The summed E-state index contributed by atoms with van der Waals surface area (Å²) in [5.41, 5.74) is 5.58. The summed E-state index contributed by atoms with van der Waals surface area (Å²) in [6.07, 6.45) is 2.38. The minimum absolute atomic E-state index is 0.0728. The average Bonchev–Trinajstić information content (AvgIpc) is 2.11. The number of nitrogens with one attached hydrogen (secondary N) is 1. The highest BCUT2D eigenvalue weighted by Crippen LogP contribution is 1.94. The quantitative estimate of drug-likeness (QED) is 0.638. The van der Waals surface area contributed by atoms with Crippen LogP contribution in [-0.2, 0) is 10.0 Å². The molecule has 0 aliphatic heterocycles. The van der Waals surface area contributed by atoms with Crippen LogP contribution in [0.4, 0.5) is 0 Å². The Labute approximate surface area is 80.9 Å². The molecule has 0 bridgehead atoms. The van der Waals surface area contributed by atoms with Gasteiger partial charge in [-0.2, -0.15) is 0 Å². The summed E-state index contributed by atoms with van der Waals surface area (Å²) in [4.78, 5) is 0. The van der Waals surface area contributed by atoms with E-state index < -0.39 is 10.0 Å². The minimum atomic E-state index is -3.08. The number of hydrogen-bond donors (Lipinski definition) is 2. The molecule has 3 N–H and O–H groups in total. The van der Waals surface area contributed by atoms with Crippen molar-refractivity contribution in [2.24, 2.45) is 5.73 Å². The van der Waals surface area contributed by atoms with Crippen LogP contribution >= 0.6 is 0 Å². The molecule has 0 rings (SSSR count). The molecule has 0 aromatic carbocycles. The Balaban J connectivity index is 3.76. The Bertz CT molecular complexity index is 214. The summed E-state index contributed by atoms with van der Waals surface area (Å²) >= 11 is 0. The van der Waals surface area contributed by atoms with Crippen molar-refractivity contribution in [3.8, 4) is 0 Å². The zero-order chi connectivity index (χ0) is 10.3. The first kappa shape index (κ1) is 12.9. The van der Waals surface area contributed by atoms with Gasteiger partial charge >= 0.3 is 0 Å². The van der Waals surface area contributed by atoms with Crippen LogP contribution in [0.2, 0.25) is 0 Å². The normalized spacial score (nSPS) is 14.4. The fourth-order valence-corrected chi connectivity index (χ4v) is 2.07. The molecule has 1 atom stereocenters. The molecule has 0 aliphatic carbocycles. The first-order valence-corrected chi connectivity index (χ1v) is 6.40. The van der Waals surface area contributed by atoms with Crippen LogP contribution in [0.1, 0.15) is 33.1 Å². The molecule has 0 fully saturated rings. The van der Waals surface area contributed by atoms with Crippen LogP contribution < -0.4 is 10.5 Å². The molecular weight excluding hydrogens is 188 g/mol. The molecule has 4 nitrogen and oxygen atoms in total. The molecule has 13 heavy (non-hydrogen) atoms. The number of rotatable bonds is 7.